The number of carbonyl (C=O) groups is 1. The Balaban J connectivity index is 1.58. The van der Waals surface area contributed by atoms with Crippen LogP contribution in [0.3, 0.4) is 0 Å². The maximum atomic E-state index is 12.0. The van der Waals surface area contributed by atoms with Crippen LogP contribution in [0.15, 0.2) is 54.0 Å². The Kier molecular flexibility index (Phi) is 5.02. The number of nitrogens with zero attached hydrogens (tertiary/aromatic N) is 2. The van der Waals surface area contributed by atoms with Crippen LogP contribution in [0.4, 0.5) is 5.13 Å². The van der Waals surface area contributed by atoms with Crippen LogP contribution in [-0.4, -0.2) is 29.6 Å². The number of carbonyl (C=O) groups excluding carboxylic acids is 1. The molecule has 2 aromatic heterocycles. The van der Waals surface area contributed by atoms with Crippen LogP contribution in [0.1, 0.15) is 0 Å². The van der Waals surface area contributed by atoms with E-state index in [1.165, 1.54) is 11.3 Å². The van der Waals surface area contributed by atoms with Crippen LogP contribution in [-0.2, 0) is 4.79 Å². The van der Waals surface area contributed by atoms with Crippen molar-refractivity contribution in [1.82, 2.24) is 9.97 Å². The lowest BCUT2D eigenvalue weighted by atomic mass is 10.3. The number of ether oxygens (including phenoxy) is 2. The smallest absolute Gasteiger partial charge is 0.264 e. The lowest BCUT2D eigenvalue weighted by Gasteiger charge is -2.09. The predicted molar refractivity (Wildman–Crippen MR) is 92.5 cm³/mol. The molecule has 0 saturated heterocycles. The van der Waals surface area contributed by atoms with Crippen molar-refractivity contribution in [3.63, 3.8) is 0 Å². The maximum absolute atomic E-state index is 12.0. The highest BCUT2D eigenvalue weighted by Gasteiger charge is 2.10. The molecular weight excluding hydrogens is 326 g/mol. The normalized spacial score (nSPS) is 10.2. The molecule has 122 valence electrons. The molecule has 0 aliphatic carbocycles. The van der Waals surface area contributed by atoms with E-state index >= 15 is 0 Å². The number of methoxy groups -OCH3 is 1. The standard InChI is InChI=1S/C17H15N3O3S/c1-22-14-7-2-3-8-15(14)23-10-16(21)20-17-19-13(11-24-17)12-6-4-5-9-18-12/h2-9,11H,10H2,1H3,(H,19,20,21). The average molecular weight is 341 g/mol. The summed E-state index contributed by atoms with van der Waals surface area (Å²) in [4.78, 5) is 20.6. The summed E-state index contributed by atoms with van der Waals surface area (Å²) in [6, 6.07) is 12.8. The van der Waals surface area contributed by atoms with E-state index in [1.54, 1.807) is 25.4 Å². The van der Waals surface area contributed by atoms with Gasteiger partial charge in [-0.1, -0.05) is 18.2 Å². The summed E-state index contributed by atoms with van der Waals surface area (Å²) in [5, 5.41) is 5.06. The Labute approximate surface area is 143 Å². The Morgan fingerprint density at radius 2 is 1.92 bits per heavy atom. The van der Waals surface area contributed by atoms with Crippen LogP contribution < -0.4 is 14.8 Å². The predicted octanol–water partition coefficient (Wildman–Crippen LogP) is 3.23. The number of anilines is 1. The van der Waals surface area contributed by atoms with E-state index in [0.29, 0.717) is 16.6 Å². The second-order valence-corrected chi connectivity index (χ2v) is 5.60. The van der Waals surface area contributed by atoms with Crippen molar-refractivity contribution in [2.45, 2.75) is 0 Å². The summed E-state index contributed by atoms with van der Waals surface area (Å²) >= 11 is 1.34. The molecule has 0 saturated carbocycles. The second kappa shape index (κ2) is 7.56. The first-order valence-corrected chi connectivity index (χ1v) is 8.07. The molecule has 2 heterocycles. The number of amides is 1. The fraction of sp³-hybridized carbons (Fsp3) is 0.118. The minimum absolute atomic E-state index is 0.126. The molecule has 0 aliphatic heterocycles. The number of aromatic nitrogens is 2. The van der Waals surface area contributed by atoms with E-state index in [0.717, 1.165) is 11.4 Å². The molecule has 0 radical (unpaired) electrons. The highest BCUT2D eigenvalue weighted by molar-refractivity contribution is 7.14. The summed E-state index contributed by atoms with van der Waals surface area (Å²) < 4.78 is 10.7. The molecule has 0 fully saturated rings. The number of hydrogen-bond acceptors (Lipinski definition) is 6. The van der Waals surface area contributed by atoms with Gasteiger partial charge in [-0.15, -0.1) is 11.3 Å². The van der Waals surface area contributed by atoms with Crippen molar-refractivity contribution in [2.75, 3.05) is 19.0 Å². The number of thiazole rings is 1. The van der Waals surface area contributed by atoms with Gasteiger partial charge in [0.05, 0.1) is 12.8 Å². The van der Waals surface area contributed by atoms with Gasteiger partial charge in [0, 0.05) is 11.6 Å². The Morgan fingerprint density at radius 1 is 1.12 bits per heavy atom. The van der Waals surface area contributed by atoms with Crippen molar-refractivity contribution < 1.29 is 14.3 Å². The van der Waals surface area contributed by atoms with Crippen LogP contribution >= 0.6 is 11.3 Å². The zero-order valence-electron chi connectivity index (χ0n) is 12.9. The van der Waals surface area contributed by atoms with Gasteiger partial charge in [0.2, 0.25) is 0 Å². The third-order valence-corrected chi connectivity index (χ3v) is 3.86. The molecule has 3 aromatic rings. The van der Waals surface area contributed by atoms with Gasteiger partial charge in [-0.3, -0.25) is 15.1 Å². The molecule has 0 bridgehead atoms. The van der Waals surface area contributed by atoms with Gasteiger partial charge in [-0.25, -0.2) is 4.98 Å². The lowest BCUT2D eigenvalue weighted by molar-refractivity contribution is -0.118. The monoisotopic (exact) mass is 341 g/mol. The molecule has 1 amide bonds. The van der Waals surface area contributed by atoms with E-state index < -0.39 is 0 Å². The fourth-order valence-corrected chi connectivity index (χ4v) is 2.72. The Bertz CT molecular complexity index is 821. The summed E-state index contributed by atoms with van der Waals surface area (Å²) in [5.74, 6) is 0.809. The van der Waals surface area contributed by atoms with Gasteiger partial charge in [-0.2, -0.15) is 0 Å². The van der Waals surface area contributed by atoms with Gasteiger partial charge in [0.1, 0.15) is 5.69 Å². The number of para-hydroxylation sites is 2. The molecule has 3 rings (SSSR count). The number of rotatable bonds is 6. The number of pyridine rings is 1. The van der Waals surface area contributed by atoms with E-state index in [-0.39, 0.29) is 12.5 Å². The Morgan fingerprint density at radius 3 is 2.67 bits per heavy atom. The van der Waals surface area contributed by atoms with Crippen molar-refractivity contribution in [3.05, 3.63) is 54.0 Å². The molecule has 7 heteroatoms. The third kappa shape index (κ3) is 3.88. The first-order valence-electron chi connectivity index (χ1n) is 7.19. The van der Waals surface area contributed by atoms with E-state index in [2.05, 4.69) is 15.3 Å². The molecule has 0 atom stereocenters. The second-order valence-electron chi connectivity index (χ2n) is 4.74. The molecule has 1 N–H and O–H groups in total. The number of nitrogens with one attached hydrogen (secondary N) is 1. The summed E-state index contributed by atoms with van der Waals surface area (Å²) in [7, 11) is 1.55. The number of benzene rings is 1. The third-order valence-electron chi connectivity index (χ3n) is 3.11. The van der Waals surface area contributed by atoms with Crippen LogP contribution in [0.25, 0.3) is 11.4 Å². The van der Waals surface area contributed by atoms with Crippen molar-refractivity contribution in [2.24, 2.45) is 0 Å². The summed E-state index contributed by atoms with van der Waals surface area (Å²) in [5.41, 5.74) is 1.49. The van der Waals surface area contributed by atoms with Crippen LogP contribution in [0.2, 0.25) is 0 Å². The molecule has 1 aromatic carbocycles. The van der Waals surface area contributed by atoms with Crippen molar-refractivity contribution in [1.29, 1.82) is 0 Å². The maximum Gasteiger partial charge on any atom is 0.264 e. The topological polar surface area (TPSA) is 73.3 Å². The highest BCUT2D eigenvalue weighted by atomic mass is 32.1. The van der Waals surface area contributed by atoms with Gasteiger partial charge in [-0.05, 0) is 24.3 Å². The first-order chi connectivity index (χ1) is 11.8. The van der Waals surface area contributed by atoms with Crippen LogP contribution in [0, 0.1) is 0 Å². The molecular formula is C17H15N3O3S. The van der Waals surface area contributed by atoms with Gasteiger partial charge >= 0.3 is 0 Å². The number of hydrogen-bond donors (Lipinski definition) is 1. The van der Waals surface area contributed by atoms with Crippen molar-refractivity contribution in [3.8, 4) is 22.9 Å². The zero-order valence-corrected chi connectivity index (χ0v) is 13.7. The largest absolute Gasteiger partial charge is 0.493 e. The zero-order chi connectivity index (χ0) is 16.8. The van der Waals surface area contributed by atoms with E-state index in [9.17, 15) is 4.79 Å². The summed E-state index contributed by atoms with van der Waals surface area (Å²) in [6.45, 7) is -0.126. The van der Waals surface area contributed by atoms with Gasteiger partial charge in [0.25, 0.3) is 5.91 Å². The SMILES string of the molecule is COc1ccccc1OCC(=O)Nc1nc(-c2ccccn2)cs1. The molecule has 0 spiro atoms. The lowest BCUT2D eigenvalue weighted by Crippen LogP contribution is -2.20. The van der Waals surface area contributed by atoms with Crippen molar-refractivity contribution >= 4 is 22.4 Å². The summed E-state index contributed by atoms with van der Waals surface area (Å²) in [6.07, 6.45) is 1.70. The first kappa shape index (κ1) is 15.9. The van der Waals surface area contributed by atoms with Crippen LogP contribution in [0.5, 0.6) is 11.5 Å². The van der Waals surface area contributed by atoms with Gasteiger partial charge < -0.3 is 9.47 Å². The average Bonchev–Trinajstić information content (AvgIpc) is 3.09. The Hall–Kier alpha value is -2.93. The van der Waals surface area contributed by atoms with E-state index in [1.807, 2.05) is 35.7 Å². The minimum atomic E-state index is -0.289. The van der Waals surface area contributed by atoms with Gasteiger partial charge in [0.15, 0.2) is 23.2 Å². The minimum Gasteiger partial charge on any atom is -0.493 e. The molecule has 6 nitrogen and oxygen atoms in total. The quantitative estimate of drug-likeness (QED) is 0.745. The molecule has 24 heavy (non-hydrogen) atoms. The highest BCUT2D eigenvalue weighted by Crippen LogP contribution is 2.26. The molecule has 0 aliphatic rings. The van der Waals surface area contributed by atoms with E-state index in [4.69, 9.17) is 9.47 Å². The molecule has 0 unspecified atom stereocenters. The fourth-order valence-electron chi connectivity index (χ4n) is 2.00.